The zero-order chi connectivity index (χ0) is 24.8. The van der Waals surface area contributed by atoms with Gasteiger partial charge in [-0.2, -0.15) is 0 Å². The number of rotatable bonds is 8. The van der Waals surface area contributed by atoms with Gasteiger partial charge in [-0.3, -0.25) is 9.59 Å². The van der Waals surface area contributed by atoms with Gasteiger partial charge in [0.05, 0.1) is 35.3 Å². The molecule has 174 valence electrons. The molecule has 3 rings (SSSR count). The third-order valence-electron chi connectivity index (χ3n) is 4.69. The highest BCUT2D eigenvalue weighted by Gasteiger charge is 2.15. The van der Waals surface area contributed by atoms with Crippen molar-refractivity contribution < 1.29 is 29.4 Å². The summed E-state index contributed by atoms with van der Waals surface area (Å²) in [6.07, 6.45) is -0.0546. The summed E-state index contributed by atoms with van der Waals surface area (Å²) in [5.41, 5.74) is 1.54. The highest BCUT2D eigenvalue weighted by atomic mass is 79.9. The largest absolute Gasteiger partial charge is 0.478 e. The fraction of sp³-hybridized carbons (Fsp3) is 0.0833. The Kier molecular flexibility index (Phi) is 8.19. The van der Waals surface area contributed by atoms with Crippen molar-refractivity contribution in [2.45, 2.75) is 12.8 Å². The average Bonchev–Trinajstić information content (AvgIpc) is 2.76. The molecule has 0 atom stereocenters. The lowest BCUT2D eigenvalue weighted by atomic mass is 10.0. The minimum Gasteiger partial charge on any atom is -0.478 e. The van der Waals surface area contributed by atoms with E-state index in [4.69, 9.17) is 0 Å². The summed E-state index contributed by atoms with van der Waals surface area (Å²) in [4.78, 5) is 47.8. The summed E-state index contributed by atoms with van der Waals surface area (Å²) < 4.78 is 1.15. The Morgan fingerprint density at radius 2 is 1.06 bits per heavy atom. The van der Waals surface area contributed by atoms with Gasteiger partial charge in [0.25, 0.3) is 0 Å². The first-order valence-electron chi connectivity index (χ1n) is 9.85. The molecule has 4 N–H and O–H groups in total. The van der Waals surface area contributed by atoms with E-state index in [0.29, 0.717) is 20.1 Å². The molecule has 34 heavy (non-hydrogen) atoms. The second-order valence-electron chi connectivity index (χ2n) is 7.26. The van der Waals surface area contributed by atoms with E-state index in [0.717, 1.165) is 0 Å². The number of halogens is 2. The van der Waals surface area contributed by atoms with E-state index in [9.17, 15) is 29.4 Å². The molecule has 0 aliphatic heterocycles. The van der Waals surface area contributed by atoms with Crippen LogP contribution in [-0.2, 0) is 22.4 Å². The van der Waals surface area contributed by atoms with Gasteiger partial charge in [0.2, 0.25) is 11.8 Å². The molecule has 8 nitrogen and oxygen atoms in total. The lowest BCUT2D eigenvalue weighted by molar-refractivity contribution is -0.116. The second kappa shape index (κ2) is 11.1. The van der Waals surface area contributed by atoms with Gasteiger partial charge in [-0.25, -0.2) is 9.59 Å². The molecule has 0 radical (unpaired) electrons. The van der Waals surface area contributed by atoms with Gasteiger partial charge in [-0.15, -0.1) is 0 Å². The summed E-state index contributed by atoms with van der Waals surface area (Å²) >= 11 is 6.41. The van der Waals surface area contributed by atoms with Gasteiger partial charge in [0.15, 0.2) is 0 Å². The van der Waals surface area contributed by atoms with Crippen molar-refractivity contribution in [3.05, 3.63) is 91.9 Å². The van der Waals surface area contributed by atoms with E-state index in [2.05, 4.69) is 42.5 Å². The van der Waals surface area contributed by atoms with Crippen molar-refractivity contribution in [2.24, 2.45) is 0 Å². The van der Waals surface area contributed by atoms with E-state index >= 15 is 0 Å². The van der Waals surface area contributed by atoms with Crippen LogP contribution in [0.4, 0.5) is 11.4 Å². The monoisotopic (exact) mass is 588 g/mol. The van der Waals surface area contributed by atoms with Crippen LogP contribution >= 0.6 is 31.9 Å². The molecule has 0 saturated carbocycles. The number of carboxylic acid groups (broad SMARTS) is 2. The second-order valence-corrected chi connectivity index (χ2v) is 9.09. The Morgan fingerprint density at radius 1 is 0.647 bits per heavy atom. The molecule has 0 saturated heterocycles. The van der Waals surface area contributed by atoms with E-state index in [-0.39, 0.29) is 35.3 Å². The standard InChI is InChI=1S/C24H18Br2N2O6/c25-15-4-6-19(17(11-15)23(31)32)27-21(29)9-13-2-1-3-14(8-13)10-22(30)28-20-7-5-16(26)12-18(20)24(33)34/h1-8,11-12H,9-10H2,(H,27,29)(H,28,30)(H,31,32)(H,33,34). The SMILES string of the molecule is O=C(Cc1cccc(CC(=O)Nc2ccc(Br)cc2C(=O)O)c1)Nc1ccc(Br)cc1C(=O)O. The third kappa shape index (κ3) is 6.75. The average molecular weight is 590 g/mol. The highest BCUT2D eigenvalue weighted by Crippen LogP contribution is 2.23. The zero-order valence-corrected chi connectivity index (χ0v) is 20.6. The van der Waals surface area contributed by atoms with Crippen molar-refractivity contribution in [1.29, 1.82) is 0 Å². The Hall–Kier alpha value is -3.50. The molecular weight excluding hydrogens is 572 g/mol. The Labute approximate surface area is 211 Å². The number of nitrogens with one attached hydrogen (secondary N) is 2. The van der Waals surface area contributed by atoms with Gasteiger partial charge >= 0.3 is 11.9 Å². The Balaban J connectivity index is 1.66. The van der Waals surface area contributed by atoms with Crippen molar-refractivity contribution in [2.75, 3.05) is 10.6 Å². The van der Waals surface area contributed by atoms with Crippen LogP contribution in [0, 0.1) is 0 Å². The van der Waals surface area contributed by atoms with Crippen molar-refractivity contribution in [1.82, 2.24) is 0 Å². The smallest absolute Gasteiger partial charge is 0.337 e. The molecule has 0 heterocycles. The van der Waals surface area contributed by atoms with Crippen LogP contribution in [0.1, 0.15) is 31.8 Å². The fourth-order valence-electron chi connectivity index (χ4n) is 3.21. The van der Waals surface area contributed by atoms with Gasteiger partial charge < -0.3 is 20.8 Å². The summed E-state index contributed by atoms with van der Waals surface area (Å²) in [5.74, 6) is -3.15. The number of aromatic carboxylic acids is 2. The van der Waals surface area contributed by atoms with Gasteiger partial charge in [-0.05, 0) is 47.5 Å². The topological polar surface area (TPSA) is 133 Å². The van der Waals surface area contributed by atoms with E-state index in [1.54, 1.807) is 36.4 Å². The van der Waals surface area contributed by atoms with Crippen molar-refractivity contribution in [3.8, 4) is 0 Å². The molecule has 0 aliphatic carbocycles. The van der Waals surface area contributed by atoms with Crippen LogP contribution in [-0.4, -0.2) is 34.0 Å². The fourth-order valence-corrected chi connectivity index (χ4v) is 3.94. The molecule has 3 aromatic rings. The van der Waals surface area contributed by atoms with Crippen molar-refractivity contribution >= 4 is 67.0 Å². The molecule has 0 aliphatic rings. The molecule has 0 unspecified atom stereocenters. The van der Waals surface area contributed by atoms with Crippen molar-refractivity contribution in [3.63, 3.8) is 0 Å². The number of hydrogen-bond acceptors (Lipinski definition) is 4. The normalized spacial score (nSPS) is 10.4. The number of benzene rings is 3. The Morgan fingerprint density at radius 3 is 1.44 bits per heavy atom. The third-order valence-corrected chi connectivity index (χ3v) is 5.68. The molecule has 0 spiro atoms. The first kappa shape index (κ1) is 25.1. The Bertz CT molecular complexity index is 1200. The summed E-state index contributed by atoms with van der Waals surface area (Å²) in [7, 11) is 0. The first-order chi connectivity index (χ1) is 16.1. The number of anilines is 2. The van der Waals surface area contributed by atoms with Crippen LogP contribution in [0.2, 0.25) is 0 Å². The van der Waals surface area contributed by atoms with Crippen LogP contribution in [0.5, 0.6) is 0 Å². The van der Waals surface area contributed by atoms with E-state index in [1.807, 2.05) is 0 Å². The molecule has 3 aromatic carbocycles. The van der Waals surface area contributed by atoms with E-state index in [1.165, 1.54) is 24.3 Å². The first-order valence-corrected chi connectivity index (χ1v) is 11.4. The molecule has 0 bridgehead atoms. The minimum atomic E-state index is -1.17. The molecule has 10 heteroatoms. The van der Waals surface area contributed by atoms with Crippen LogP contribution in [0.25, 0.3) is 0 Å². The number of carbonyl (C=O) groups is 4. The maximum absolute atomic E-state index is 12.5. The number of hydrogen-bond donors (Lipinski definition) is 4. The van der Waals surface area contributed by atoms with Crippen LogP contribution in [0.3, 0.4) is 0 Å². The van der Waals surface area contributed by atoms with E-state index < -0.39 is 23.8 Å². The lowest BCUT2D eigenvalue weighted by Gasteiger charge is -2.11. The quantitative estimate of drug-likeness (QED) is 0.293. The maximum atomic E-state index is 12.5. The number of carbonyl (C=O) groups excluding carboxylic acids is 2. The lowest BCUT2D eigenvalue weighted by Crippen LogP contribution is -2.18. The maximum Gasteiger partial charge on any atom is 0.337 e. The summed E-state index contributed by atoms with van der Waals surface area (Å²) in [6.45, 7) is 0. The molecule has 0 fully saturated rings. The molecule has 0 aromatic heterocycles. The highest BCUT2D eigenvalue weighted by molar-refractivity contribution is 9.10. The zero-order valence-electron chi connectivity index (χ0n) is 17.5. The number of carboxylic acids is 2. The minimum absolute atomic E-state index is 0.0273. The predicted molar refractivity (Wildman–Crippen MR) is 133 cm³/mol. The van der Waals surface area contributed by atoms with Crippen LogP contribution < -0.4 is 10.6 Å². The molecule has 2 amide bonds. The number of amides is 2. The van der Waals surface area contributed by atoms with Gasteiger partial charge in [0.1, 0.15) is 0 Å². The van der Waals surface area contributed by atoms with Gasteiger partial charge in [0, 0.05) is 8.95 Å². The van der Waals surface area contributed by atoms with Crippen LogP contribution in [0.15, 0.2) is 69.6 Å². The summed E-state index contributed by atoms with van der Waals surface area (Å²) in [6, 6.07) is 15.9. The summed E-state index contributed by atoms with van der Waals surface area (Å²) in [5, 5.41) is 23.9. The van der Waals surface area contributed by atoms with Gasteiger partial charge in [-0.1, -0.05) is 56.1 Å². The molecular formula is C24H18Br2N2O6. The predicted octanol–water partition coefficient (Wildman–Crippen LogP) is 4.97.